The summed E-state index contributed by atoms with van der Waals surface area (Å²) in [4.78, 5) is 24.4. The maximum absolute atomic E-state index is 12.8. The average Bonchev–Trinajstić information content (AvgIpc) is 2.78. The van der Waals surface area contributed by atoms with E-state index in [2.05, 4.69) is 10.2 Å². The molecule has 0 saturated carbocycles. The summed E-state index contributed by atoms with van der Waals surface area (Å²) in [5.74, 6) is 0.211. The zero-order chi connectivity index (χ0) is 24.1. The fourth-order valence-electron chi connectivity index (χ4n) is 3.26. The lowest BCUT2D eigenvalue weighted by Crippen LogP contribution is -2.20. The number of carbonyl (C=O) groups excluding carboxylic acids is 1. The van der Waals surface area contributed by atoms with Crippen molar-refractivity contribution in [1.82, 2.24) is 0 Å². The number of ketones is 1. The van der Waals surface area contributed by atoms with E-state index in [4.69, 9.17) is 0 Å². The second kappa shape index (κ2) is 10.5. The Morgan fingerprint density at radius 2 is 1.45 bits per heavy atom. The number of hydrogen-bond donors (Lipinski definition) is 0. The third-order valence-corrected chi connectivity index (χ3v) is 6.21. The van der Waals surface area contributed by atoms with Gasteiger partial charge in [-0.15, -0.1) is 10.2 Å². The van der Waals surface area contributed by atoms with E-state index in [9.17, 15) is 14.9 Å². The van der Waals surface area contributed by atoms with Crippen molar-refractivity contribution in [2.24, 2.45) is 22.0 Å². The van der Waals surface area contributed by atoms with Gasteiger partial charge in [-0.05, 0) is 55.2 Å². The zero-order valence-corrected chi connectivity index (χ0v) is 20.2. The molecule has 6 nitrogen and oxygen atoms in total. The maximum Gasteiger partial charge on any atom is 0.269 e. The van der Waals surface area contributed by atoms with Gasteiger partial charge < -0.3 is 0 Å². The van der Waals surface area contributed by atoms with Crippen molar-refractivity contribution >= 4 is 34.0 Å². The molecule has 3 rings (SSSR count). The fraction of sp³-hybridized carbons (Fsp3) is 0.269. The number of hydrogen-bond acceptors (Lipinski definition) is 6. The molecule has 0 amide bonds. The number of non-ortho nitro benzene ring substituents is 1. The van der Waals surface area contributed by atoms with Crippen LogP contribution >= 0.6 is 11.8 Å². The number of nitro benzene ring substituents is 1. The molecule has 0 N–H and O–H groups in total. The van der Waals surface area contributed by atoms with E-state index < -0.39 is 4.92 Å². The van der Waals surface area contributed by atoms with Crippen LogP contribution in [0.5, 0.6) is 0 Å². The van der Waals surface area contributed by atoms with E-state index >= 15 is 0 Å². The highest BCUT2D eigenvalue weighted by atomic mass is 32.2. The maximum atomic E-state index is 12.8. The monoisotopic (exact) mass is 461 g/mol. The first-order chi connectivity index (χ1) is 15.7. The van der Waals surface area contributed by atoms with Crippen LogP contribution in [-0.4, -0.2) is 21.5 Å². The van der Waals surface area contributed by atoms with Crippen LogP contribution in [-0.2, 0) is 4.79 Å². The topological polar surface area (TPSA) is 84.9 Å². The van der Waals surface area contributed by atoms with Crippen molar-refractivity contribution < 1.29 is 9.72 Å². The lowest BCUT2D eigenvalue weighted by molar-refractivity contribution is -0.384. The molecule has 0 aromatic heterocycles. The molecule has 0 saturated heterocycles. The highest BCUT2D eigenvalue weighted by molar-refractivity contribution is 8.14. The third-order valence-electron chi connectivity index (χ3n) is 5.19. The van der Waals surface area contributed by atoms with E-state index in [1.165, 1.54) is 23.9 Å². The molecule has 33 heavy (non-hydrogen) atoms. The number of allylic oxidation sites excluding steroid dienone is 4. The average molecular weight is 462 g/mol. The zero-order valence-electron chi connectivity index (χ0n) is 19.4. The molecular weight excluding hydrogens is 434 g/mol. The highest BCUT2D eigenvalue weighted by Gasteiger charge is 2.24. The van der Waals surface area contributed by atoms with Gasteiger partial charge in [-0.25, -0.2) is 0 Å². The summed E-state index contributed by atoms with van der Waals surface area (Å²) in [6.07, 6.45) is 3.60. The summed E-state index contributed by atoms with van der Waals surface area (Å²) < 4.78 is 0. The predicted octanol–water partition coefficient (Wildman–Crippen LogP) is 6.55. The molecule has 0 aliphatic heterocycles. The number of aryl methyl sites for hydroxylation is 1. The van der Waals surface area contributed by atoms with Crippen LogP contribution in [0.3, 0.4) is 0 Å². The van der Waals surface area contributed by atoms with Gasteiger partial charge in [0.25, 0.3) is 5.69 Å². The molecule has 1 aliphatic carbocycles. The Kier molecular flexibility index (Phi) is 7.76. The molecule has 0 radical (unpaired) electrons. The SMILES string of the molecule is Cc1ccc(S/C(=N/N=C2C=C(C(C)C)C(=O)C(C(C)C)=C2)c2ccc([N+](=O)[O-])cc2)cc1. The number of Topliss-reactive ketones (excluding diaryl/α,β-unsaturated/α-hetero) is 1. The molecule has 0 fully saturated rings. The van der Waals surface area contributed by atoms with Gasteiger partial charge in [-0.1, -0.05) is 57.2 Å². The van der Waals surface area contributed by atoms with Crippen molar-refractivity contribution in [1.29, 1.82) is 0 Å². The summed E-state index contributed by atoms with van der Waals surface area (Å²) in [6.45, 7) is 9.98. The van der Waals surface area contributed by atoms with Gasteiger partial charge in [0.05, 0.1) is 10.6 Å². The van der Waals surface area contributed by atoms with Crippen molar-refractivity contribution in [3.8, 4) is 0 Å². The van der Waals surface area contributed by atoms with Crippen molar-refractivity contribution in [3.05, 3.63) is 93.1 Å². The molecule has 2 aromatic rings. The second-order valence-electron chi connectivity index (χ2n) is 8.49. The molecular formula is C26H27N3O3S. The lowest BCUT2D eigenvalue weighted by atomic mass is 9.84. The largest absolute Gasteiger partial charge is 0.289 e. The molecule has 0 heterocycles. The summed E-state index contributed by atoms with van der Waals surface area (Å²) in [7, 11) is 0. The van der Waals surface area contributed by atoms with Crippen molar-refractivity contribution in [2.45, 2.75) is 39.5 Å². The normalized spacial score (nSPS) is 14.5. The van der Waals surface area contributed by atoms with Gasteiger partial charge in [0, 0.05) is 33.7 Å². The molecule has 170 valence electrons. The Morgan fingerprint density at radius 1 is 0.909 bits per heavy atom. The fourth-order valence-corrected chi connectivity index (χ4v) is 4.09. The molecule has 1 aliphatic rings. The Labute approximate surface area is 198 Å². The first-order valence-corrected chi connectivity index (χ1v) is 11.6. The Hall–Kier alpha value is -3.32. The highest BCUT2D eigenvalue weighted by Crippen LogP contribution is 2.27. The second-order valence-corrected chi connectivity index (χ2v) is 9.55. The van der Waals surface area contributed by atoms with Crippen LogP contribution < -0.4 is 0 Å². The molecule has 0 spiro atoms. The van der Waals surface area contributed by atoms with Gasteiger partial charge in [0.2, 0.25) is 0 Å². The van der Waals surface area contributed by atoms with Crippen LogP contribution in [0.1, 0.15) is 38.8 Å². The summed E-state index contributed by atoms with van der Waals surface area (Å²) in [5, 5.41) is 20.6. The summed E-state index contributed by atoms with van der Waals surface area (Å²) in [6, 6.07) is 14.3. The lowest BCUT2D eigenvalue weighted by Gasteiger charge is -2.19. The smallest absolute Gasteiger partial charge is 0.269 e. The Bertz CT molecular complexity index is 1140. The van der Waals surface area contributed by atoms with Crippen LogP contribution in [0.25, 0.3) is 0 Å². The molecule has 0 unspecified atom stereocenters. The minimum Gasteiger partial charge on any atom is -0.289 e. The third kappa shape index (κ3) is 6.14. The standard InChI is InChI=1S/C26H27N3O3S/c1-16(2)23-14-20(15-24(17(3)4)25(23)30)27-28-26(33-22-12-6-18(5)7-13-22)19-8-10-21(11-9-19)29(31)32/h6-17H,1-5H3/b28-26+. The summed E-state index contributed by atoms with van der Waals surface area (Å²) in [5.41, 5.74) is 3.95. The number of thioether (sulfide) groups is 1. The van der Waals surface area contributed by atoms with E-state index in [0.29, 0.717) is 10.8 Å². The molecule has 0 atom stereocenters. The van der Waals surface area contributed by atoms with E-state index in [-0.39, 0.29) is 23.3 Å². The quantitative estimate of drug-likeness (QED) is 0.122. The van der Waals surface area contributed by atoms with Gasteiger partial charge in [-0.2, -0.15) is 0 Å². The molecule has 0 bridgehead atoms. The minimum absolute atomic E-state index is 0.0181. The van der Waals surface area contributed by atoms with Crippen molar-refractivity contribution in [3.63, 3.8) is 0 Å². The Balaban J connectivity index is 2.05. The van der Waals surface area contributed by atoms with Gasteiger partial charge >= 0.3 is 0 Å². The van der Waals surface area contributed by atoms with E-state index in [1.54, 1.807) is 24.3 Å². The van der Waals surface area contributed by atoms with Gasteiger partial charge in [0.1, 0.15) is 5.04 Å². The number of nitro groups is 1. The first-order valence-electron chi connectivity index (χ1n) is 10.8. The van der Waals surface area contributed by atoms with Gasteiger partial charge in [0.15, 0.2) is 5.78 Å². The Morgan fingerprint density at radius 3 is 1.94 bits per heavy atom. The first kappa shape index (κ1) is 24.3. The molecule has 2 aromatic carbocycles. The van der Waals surface area contributed by atoms with E-state index in [0.717, 1.165) is 27.2 Å². The van der Waals surface area contributed by atoms with Crippen LogP contribution in [0.2, 0.25) is 0 Å². The predicted molar refractivity (Wildman–Crippen MR) is 135 cm³/mol. The van der Waals surface area contributed by atoms with Gasteiger partial charge in [-0.3, -0.25) is 14.9 Å². The minimum atomic E-state index is -0.427. The van der Waals surface area contributed by atoms with Crippen LogP contribution in [0.15, 0.2) is 86.9 Å². The van der Waals surface area contributed by atoms with Crippen LogP contribution in [0, 0.1) is 28.9 Å². The number of rotatable bonds is 6. The summed E-state index contributed by atoms with van der Waals surface area (Å²) >= 11 is 1.43. The van der Waals surface area contributed by atoms with Crippen LogP contribution in [0.4, 0.5) is 5.69 Å². The number of carbonyl (C=O) groups is 1. The molecule has 7 heteroatoms. The van der Waals surface area contributed by atoms with Crippen molar-refractivity contribution in [2.75, 3.05) is 0 Å². The number of benzene rings is 2. The van der Waals surface area contributed by atoms with E-state index in [1.807, 2.05) is 58.9 Å². The number of nitrogens with zero attached hydrogens (tertiary/aromatic N) is 3.